The second-order valence-electron chi connectivity index (χ2n) is 5.43. The molecular weight excluding hydrogens is 254 g/mol. The van der Waals surface area contributed by atoms with Crippen LogP contribution in [-0.4, -0.2) is 30.4 Å². The minimum atomic E-state index is -0.508. The topological polar surface area (TPSA) is 46.6 Å². The molecule has 1 saturated heterocycles. The van der Waals surface area contributed by atoms with E-state index >= 15 is 0 Å². The van der Waals surface area contributed by atoms with Gasteiger partial charge in [-0.15, -0.1) is 5.06 Å². The number of aldehydes is 1. The lowest BCUT2D eigenvalue weighted by molar-refractivity contribution is -0.209. The monoisotopic (exact) mass is 275 g/mol. The van der Waals surface area contributed by atoms with E-state index in [1.54, 1.807) is 5.06 Å². The highest BCUT2D eigenvalue weighted by Crippen LogP contribution is 2.29. The molecule has 0 bridgehead atoms. The van der Waals surface area contributed by atoms with E-state index in [1.165, 1.54) is 0 Å². The molecule has 1 aromatic rings. The van der Waals surface area contributed by atoms with Gasteiger partial charge in [0.2, 0.25) is 0 Å². The lowest BCUT2D eigenvalue weighted by Gasteiger charge is -2.30. The molecule has 0 saturated carbocycles. The van der Waals surface area contributed by atoms with Crippen LogP contribution in [0.25, 0.3) is 0 Å². The first kappa shape index (κ1) is 14.7. The van der Waals surface area contributed by atoms with Crippen molar-refractivity contribution in [3.05, 3.63) is 35.4 Å². The second-order valence-corrected chi connectivity index (χ2v) is 5.43. The molecule has 108 valence electrons. The lowest BCUT2D eigenvalue weighted by atomic mass is 9.87. The quantitative estimate of drug-likeness (QED) is 0.749. The molecule has 0 N–H and O–H groups in total. The maximum absolute atomic E-state index is 12.3. The summed E-state index contributed by atoms with van der Waals surface area (Å²) in [7, 11) is 0. The number of benzene rings is 1. The van der Waals surface area contributed by atoms with Gasteiger partial charge in [0.15, 0.2) is 0 Å². The molecule has 0 aromatic heterocycles. The molecule has 1 heterocycles. The number of carbonyl (C=O) groups excluding carboxylic acids is 2. The molecule has 1 unspecified atom stereocenters. The first-order valence-electron chi connectivity index (χ1n) is 7.12. The molecule has 1 fully saturated rings. The summed E-state index contributed by atoms with van der Waals surface area (Å²) in [5.74, 6) is -0.534. The van der Waals surface area contributed by atoms with Gasteiger partial charge in [-0.3, -0.25) is 0 Å². The van der Waals surface area contributed by atoms with Gasteiger partial charge < -0.3 is 9.63 Å². The minimum absolute atomic E-state index is 0.163. The first-order chi connectivity index (χ1) is 9.63. The fourth-order valence-corrected chi connectivity index (χ4v) is 2.37. The molecule has 4 nitrogen and oxygen atoms in total. The fourth-order valence-electron chi connectivity index (χ4n) is 2.37. The Morgan fingerprint density at radius 2 is 1.95 bits per heavy atom. The van der Waals surface area contributed by atoms with Gasteiger partial charge in [-0.1, -0.05) is 38.1 Å². The SMILES string of the molecule is CC(C)c1ccccc1C(CC=O)C(=O)ON1CCC1. The average molecular weight is 275 g/mol. The molecule has 1 aliphatic heterocycles. The largest absolute Gasteiger partial charge is 0.367 e. The highest BCUT2D eigenvalue weighted by atomic mass is 16.7. The van der Waals surface area contributed by atoms with E-state index in [2.05, 4.69) is 13.8 Å². The van der Waals surface area contributed by atoms with Gasteiger partial charge in [0.25, 0.3) is 0 Å². The molecule has 1 aliphatic rings. The van der Waals surface area contributed by atoms with E-state index in [0.29, 0.717) is 5.92 Å². The number of carbonyl (C=O) groups is 2. The normalized spacial score (nSPS) is 16.6. The molecule has 0 amide bonds. The van der Waals surface area contributed by atoms with Gasteiger partial charge in [0.05, 0.1) is 5.92 Å². The molecule has 4 heteroatoms. The van der Waals surface area contributed by atoms with Crippen LogP contribution in [0.15, 0.2) is 24.3 Å². The summed E-state index contributed by atoms with van der Waals surface area (Å²) in [4.78, 5) is 28.5. The summed E-state index contributed by atoms with van der Waals surface area (Å²) in [6.45, 7) is 5.73. The number of hydrogen-bond acceptors (Lipinski definition) is 4. The van der Waals surface area contributed by atoms with Crippen LogP contribution in [-0.2, 0) is 14.4 Å². The van der Waals surface area contributed by atoms with Crippen molar-refractivity contribution in [2.45, 2.75) is 38.5 Å². The molecule has 20 heavy (non-hydrogen) atoms. The molecule has 0 aliphatic carbocycles. The Hall–Kier alpha value is -1.68. The van der Waals surface area contributed by atoms with Crippen molar-refractivity contribution in [1.82, 2.24) is 5.06 Å². The highest BCUT2D eigenvalue weighted by molar-refractivity contribution is 5.81. The van der Waals surface area contributed by atoms with Gasteiger partial charge in [-0.05, 0) is 23.5 Å². The van der Waals surface area contributed by atoms with Crippen LogP contribution in [0, 0.1) is 0 Å². The third-order valence-electron chi connectivity index (χ3n) is 3.64. The number of rotatable bonds is 6. The van der Waals surface area contributed by atoms with Gasteiger partial charge in [-0.2, -0.15) is 0 Å². The zero-order valence-electron chi connectivity index (χ0n) is 12.0. The van der Waals surface area contributed by atoms with Crippen molar-refractivity contribution >= 4 is 12.3 Å². The number of nitrogens with zero attached hydrogens (tertiary/aromatic N) is 1. The molecular formula is C16H21NO3. The molecule has 1 aromatic carbocycles. The maximum atomic E-state index is 12.3. The summed E-state index contributed by atoms with van der Waals surface area (Å²) in [5, 5.41) is 1.65. The van der Waals surface area contributed by atoms with Crippen LogP contribution in [0.5, 0.6) is 0 Å². The van der Waals surface area contributed by atoms with E-state index < -0.39 is 5.92 Å². The van der Waals surface area contributed by atoms with Gasteiger partial charge in [0, 0.05) is 19.5 Å². The first-order valence-corrected chi connectivity index (χ1v) is 7.12. The van der Waals surface area contributed by atoms with Gasteiger partial charge in [0.1, 0.15) is 6.29 Å². The van der Waals surface area contributed by atoms with E-state index in [9.17, 15) is 9.59 Å². The zero-order valence-corrected chi connectivity index (χ0v) is 12.0. The Bertz CT molecular complexity index is 480. The molecule has 0 spiro atoms. The second kappa shape index (κ2) is 6.66. The highest BCUT2D eigenvalue weighted by Gasteiger charge is 2.28. The van der Waals surface area contributed by atoms with Crippen LogP contribution in [0.1, 0.15) is 49.7 Å². The van der Waals surface area contributed by atoms with Crippen LogP contribution in [0.2, 0.25) is 0 Å². The third-order valence-corrected chi connectivity index (χ3v) is 3.64. The average Bonchev–Trinajstić information content (AvgIpc) is 2.40. The predicted molar refractivity (Wildman–Crippen MR) is 76.2 cm³/mol. The van der Waals surface area contributed by atoms with Crippen LogP contribution >= 0.6 is 0 Å². The number of hydrogen-bond donors (Lipinski definition) is 0. The molecule has 1 atom stereocenters. The van der Waals surface area contributed by atoms with Crippen LogP contribution in [0.4, 0.5) is 0 Å². The Kier molecular flexibility index (Phi) is 4.90. The zero-order chi connectivity index (χ0) is 14.5. The maximum Gasteiger partial charge on any atom is 0.332 e. The van der Waals surface area contributed by atoms with Crippen molar-refractivity contribution in [3.63, 3.8) is 0 Å². The standard InChI is InChI=1S/C16H21NO3/c1-12(2)13-6-3-4-7-14(13)15(8-11-18)16(19)20-17-9-5-10-17/h3-4,6-7,11-12,15H,5,8-10H2,1-2H3. The van der Waals surface area contributed by atoms with Crippen molar-refractivity contribution in [3.8, 4) is 0 Å². The van der Waals surface area contributed by atoms with Crippen molar-refractivity contribution in [2.24, 2.45) is 0 Å². The van der Waals surface area contributed by atoms with E-state index in [1.807, 2.05) is 24.3 Å². The fraction of sp³-hybridized carbons (Fsp3) is 0.500. The Labute approximate surface area is 119 Å². The van der Waals surface area contributed by atoms with E-state index in [4.69, 9.17) is 4.84 Å². The molecule has 2 rings (SSSR count). The summed E-state index contributed by atoms with van der Waals surface area (Å²) in [6.07, 6.45) is 2.00. The van der Waals surface area contributed by atoms with Crippen LogP contribution in [0.3, 0.4) is 0 Å². The number of hydroxylamine groups is 2. The van der Waals surface area contributed by atoms with Crippen molar-refractivity contribution in [2.75, 3.05) is 13.1 Å². The van der Waals surface area contributed by atoms with Crippen molar-refractivity contribution in [1.29, 1.82) is 0 Å². The van der Waals surface area contributed by atoms with Crippen molar-refractivity contribution < 1.29 is 14.4 Å². The summed E-state index contributed by atoms with van der Waals surface area (Å²) in [5.41, 5.74) is 2.00. The predicted octanol–water partition coefficient (Wildman–Crippen LogP) is 2.65. The lowest BCUT2D eigenvalue weighted by Crippen LogP contribution is -2.40. The molecule has 0 radical (unpaired) electrons. The Balaban J connectivity index is 2.22. The van der Waals surface area contributed by atoms with Gasteiger partial charge in [-0.25, -0.2) is 4.79 Å². The van der Waals surface area contributed by atoms with Gasteiger partial charge >= 0.3 is 5.97 Å². The van der Waals surface area contributed by atoms with Crippen LogP contribution < -0.4 is 0 Å². The van der Waals surface area contributed by atoms with E-state index in [0.717, 1.165) is 36.9 Å². The summed E-state index contributed by atoms with van der Waals surface area (Å²) < 4.78 is 0. The summed E-state index contributed by atoms with van der Waals surface area (Å²) in [6, 6.07) is 7.78. The summed E-state index contributed by atoms with van der Waals surface area (Å²) >= 11 is 0. The third kappa shape index (κ3) is 3.25. The Morgan fingerprint density at radius 3 is 2.45 bits per heavy atom. The van der Waals surface area contributed by atoms with E-state index in [-0.39, 0.29) is 12.4 Å². The minimum Gasteiger partial charge on any atom is -0.367 e. The smallest absolute Gasteiger partial charge is 0.332 e. The Morgan fingerprint density at radius 1 is 1.30 bits per heavy atom.